The molecule has 2 fully saturated rings. The molecule has 0 radical (unpaired) electrons. The van der Waals surface area contributed by atoms with Crippen molar-refractivity contribution >= 4 is 43.4 Å². The van der Waals surface area contributed by atoms with Crippen molar-refractivity contribution in [1.29, 1.82) is 0 Å². The van der Waals surface area contributed by atoms with Crippen LogP contribution in [0.25, 0.3) is 0 Å². The number of amides is 1. The lowest BCUT2D eigenvalue weighted by Crippen LogP contribution is -2.52. The third-order valence-corrected chi connectivity index (χ3v) is 8.08. The van der Waals surface area contributed by atoms with E-state index in [4.69, 9.17) is 0 Å². The molecule has 0 aliphatic carbocycles. The summed E-state index contributed by atoms with van der Waals surface area (Å²) in [5.41, 5.74) is 0. The van der Waals surface area contributed by atoms with Gasteiger partial charge in [-0.05, 0) is 30.7 Å². The van der Waals surface area contributed by atoms with Crippen LogP contribution in [0.15, 0.2) is 33.6 Å². The van der Waals surface area contributed by atoms with E-state index in [1.165, 1.54) is 4.90 Å². The van der Waals surface area contributed by atoms with Crippen LogP contribution in [0.3, 0.4) is 0 Å². The van der Waals surface area contributed by atoms with Gasteiger partial charge in [-0.3, -0.25) is 9.69 Å². The Morgan fingerprint density at radius 1 is 1.16 bits per heavy atom. The average Bonchev–Trinajstić information content (AvgIpc) is 2.97. The van der Waals surface area contributed by atoms with Gasteiger partial charge >= 0.3 is 0 Å². The van der Waals surface area contributed by atoms with Gasteiger partial charge in [0.2, 0.25) is 5.91 Å². The molecule has 25 heavy (non-hydrogen) atoms. The number of sulfone groups is 1. The summed E-state index contributed by atoms with van der Waals surface area (Å²) in [4.78, 5) is 17.7. The van der Waals surface area contributed by atoms with Crippen molar-refractivity contribution < 1.29 is 13.2 Å². The van der Waals surface area contributed by atoms with Crippen molar-refractivity contribution in [2.24, 2.45) is 0 Å². The summed E-state index contributed by atoms with van der Waals surface area (Å²) in [7, 11) is -2.84. The highest BCUT2D eigenvalue weighted by molar-refractivity contribution is 9.10. The number of piperazine rings is 1. The normalized spacial score (nSPS) is 23.7. The molecule has 2 aliphatic heterocycles. The molecule has 1 atom stereocenters. The van der Waals surface area contributed by atoms with Gasteiger partial charge < -0.3 is 4.90 Å². The maximum absolute atomic E-state index is 12.4. The number of carbonyl (C=O) groups excluding carboxylic acids is 1. The van der Waals surface area contributed by atoms with Crippen LogP contribution in [0.5, 0.6) is 0 Å². The highest BCUT2D eigenvalue weighted by Crippen LogP contribution is 2.22. The van der Waals surface area contributed by atoms with Crippen molar-refractivity contribution in [2.75, 3.05) is 43.4 Å². The fourth-order valence-corrected chi connectivity index (χ4v) is 6.21. The second-order valence-corrected chi connectivity index (χ2v) is 10.8. The summed E-state index contributed by atoms with van der Waals surface area (Å²) in [5, 5.41) is 0. The molecule has 5 nitrogen and oxygen atoms in total. The molecule has 2 saturated heterocycles. The van der Waals surface area contributed by atoms with E-state index < -0.39 is 9.84 Å². The highest BCUT2D eigenvalue weighted by atomic mass is 79.9. The SMILES string of the molecule is O=C(CCSc1ccc(Br)cc1)N1CCN([C@H]2CCS(=O)(=O)C2)CC1. The molecule has 3 rings (SSSR count). The lowest BCUT2D eigenvalue weighted by molar-refractivity contribution is -0.132. The summed E-state index contributed by atoms with van der Waals surface area (Å²) in [6.07, 6.45) is 1.28. The van der Waals surface area contributed by atoms with Crippen molar-refractivity contribution in [3.8, 4) is 0 Å². The second kappa shape index (κ2) is 8.41. The monoisotopic (exact) mass is 446 g/mol. The maximum Gasteiger partial charge on any atom is 0.223 e. The average molecular weight is 447 g/mol. The number of benzene rings is 1. The molecule has 8 heteroatoms. The second-order valence-electron chi connectivity index (χ2n) is 6.53. The van der Waals surface area contributed by atoms with Crippen molar-refractivity contribution in [2.45, 2.75) is 23.8 Å². The van der Waals surface area contributed by atoms with Gasteiger partial charge in [0.25, 0.3) is 0 Å². The van der Waals surface area contributed by atoms with Gasteiger partial charge in [0.15, 0.2) is 9.84 Å². The molecule has 138 valence electrons. The topological polar surface area (TPSA) is 57.7 Å². The smallest absolute Gasteiger partial charge is 0.223 e. The molecule has 0 bridgehead atoms. The number of nitrogens with zero attached hydrogens (tertiary/aromatic N) is 2. The molecular weight excluding hydrogens is 424 g/mol. The summed E-state index contributed by atoms with van der Waals surface area (Å²) < 4.78 is 24.3. The number of thioether (sulfide) groups is 1. The minimum atomic E-state index is -2.84. The first-order valence-corrected chi connectivity index (χ1v) is 12.1. The summed E-state index contributed by atoms with van der Waals surface area (Å²) >= 11 is 5.11. The Balaban J connectivity index is 1.39. The largest absolute Gasteiger partial charge is 0.340 e. The van der Waals surface area contributed by atoms with Gasteiger partial charge in [0.05, 0.1) is 11.5 Å². The van der Waals surface area contributed by atoms with E-state index in [2.05, 4.69) is 20.8 Å². The Hall–Kier alpha value is -0.570. The molecule has 0 N–H and O–H groups in total. The molecule has 0 spiro atoms. The van der Waals surface area contributed by atoms with Crippen LogP contribution in [-0.4, -0.2) is 73.6 Å². The van der Waals surface area contributed by atoms with E-state index >= 15 is 0 Å². The molecule has 0 saturated carbocycles. The van der Waals surface area contributed by atoms with Crippen LogP contribution in [0.1, 0.15) is 12.8 Å². The quantitative estimate of drug-likeness (QED) is 0.649. The third-order valence-electron chi connectivity index (χ3n) is 4.79. The minimum Gasteiger partial charge on any atom is -0.340 e. The van der Waals surface area contributed by atoms with E-state index in [9.17, 15) is 13.2 Å². The van der Waals surface area contributed by atoms with Gasteiger partial charge in [-0.25, -0.2) is 8.42 Å². The van der Waals surface area contributed by atoms with Gasteiger partial charge in [-0.2, -0.15) is 0 Å². The summed E-state index contributed by atoms with van der Waals surface area (Å²) in [5.74, 6) is 1.57. The van der Waals surface area contributed by atoms with Crippen LogP contribution >= 0.6 is 27.7 Å². The molecule has 2 heterocycles. The first-order valence-electron chi connectivity index (χ1n) is 8.53. The van der Waals surface area contributed by atoms with Crippen molar-refractivity contribution in [3.05, 3.63) is 28.7 Å². The minimum absolute atomic E-state index is 0.148. The fraction of sp³-hybridized carbons (Fsp3) is 0.588. The first kappa shape index (κ1) is 19.2. The van der Waals surface area contributed by atoms with E-state index in [0.29, 0.717) is 25.3 Å². The highest BCUT2D eigenvalue weighted by Gasteiger charge is 2.34. The zero-order valence-electron chi connectivity index (χ0n) is 14.1. The number of carbonyl (C=O) groups is 1. The Labute approximate surface area is 162 Å². The molecule has 0 aromatic heterocycles. The number of rotatable bonds is 5. The van der Waals surface area contributed by atoms with Gasteiger partial charge in [0.1, 0.15) is 0 Å². The lowest BCUT2D eigenvalue weighted by atomic mass is 10.2. The third kappa shape index (κ3) is 5.45. The van der Waals surface area contributed by atoms with E-state index in [1.54, 1.807) is 11.8 Å². The molecule has 0 unspecified atom stereocenters. The van der Waals surface area contributed by atoms with E-state index in [-0.39, 0.29) is 17.7 Å². The first-order chi connectivity index (χ1) is 11.9. The van der Waals surface area contributed by atoms with E-state index in [1.807, 2.05) is 29.2 Å². The Morgan fingerprint density at radius 3 is 2.44 bits per heavy atom. The van der Waals surface area contributed by atoms with Crippen LogP contribution in [0.4, 0.5) is 0 Å². The zero-order chi connectivity index (χ0) is 17.9. The van der Waals surface area contributed by atoms with Crippen molar-refractivity contribution in [3.63, 3.8) is 0 Å². The number of halogens is 1. The summed E-state index contributed by atoms with van der Waals surface area (Å²) in [6.45, 7) is 2.98. The molecule has 2 aliphatic rings. The van der Waals surface area contributed by atoms with Crippen LogP contribution in [0, 0.1) is 0 Å². The zero-order valence-corrected chi connectivity index (χ0v) is 17.3. The maximum atomic E-state index is 12.4. The Morgan fingerprint density at radius 2 is 1.84 bits per heavy atom. The van der Waals surface area contributed by atoms with Crippen LogP contribution in [-0.2, 0) is 14.6 Å². The van der Waals surface area contributed by atoms with Gasteiger partial charge in [0, 0.05) is 53.8 Å². The summed E-state index contributed by atoms with van der Waals surface area (Å²) in [6, 6.07) is 8.26. The van der Waals surface area contributed by atoms with Gasteiger partial charge in [-0.1, -0.05) is 15.9 Å². The molecular formula is C17H23BrN2O3S2. The lowest BCUT2D eigenvalue weighted by Gasteiger charge is -2.37. The van der Waals surface area contributed by atoms with Crippen LogP contribution < -0.4 is 0 Å². The predicted molar refractivity (Wildman–Crippen MR) is 105 cm³/mol. The Bertz CT molecular complexity index is 701. The van der Waals surface area contributed by atoms with E-state index in [0.717, 1.165) is 29.7 Å². The predicted octanol–water partition coefficient (Wildman–Crippen LogP) is 2.26. The fourth-order valence-electron chi connectivity index (χ4n) is 3.34. The Kier molecular flexibility index (Phi) is 6.46. The van der Waals surface area contributed by atoms with Crippen LogP contribution in [0.2, 0.25) is 0 Å². The number of hydrogen-bond donors (Lipinski definition) is 0. The number of hydrogen-bond acceptors (Lipinski definition) is 5. The van der Waals surface area contributed by atoms with Gasteiger partial charge in [-0.15, -0.1) is 11.8 Å². The molecule has 1 aromatic rings. The molecule has 1 amide bonds. The van der Waals surface area contributed by atoms with Crippen molar-refractivity contribution in [1.82, 2.24) is 9.80 Å². The molecule has 1 aromatic carbocycles. The standard InChI is InChI=1S/C17H23BrN2O3S2/c18-14-1-3-16(4-2-14)24-11-5-17(21)20-9-7-19(8-10-20)15-6-12-25(22,23)13-15/h1-4,15H,5-13H2/t15-/m0/s1.